The summed E-state index contributed by atoms with van der Waals surface area (Å²) in [7, 11) is -3.84. The Morgan fingerprint density at radius 2 is 1.85 bits per heavy atom. The zero-order chi connectivity index (χ0) is 18.8. The van der Waals surface area contributed by atoms with Gasteiger partial charge >= 0.3 is 0 Å². The molecule has 1 saturated heterocycles. The number of rotatable bonds is 6. The highest BCUT2D eigenvalue weighted by atomic mass is 32.2. The van der Waals surface area contributed by atoms with Gasteiger partial charge in [-0.05, 0) is 63.5 Å². The number of pyridine rings is 1. The van der Waals surface area contributed by atoms with Gasteiger partial charge in [0.15, 0.2) is 0 Å². The number of likely N-dealkylation sites (tertiary alicyclic amines) is 1. The smallest absolute Gasteiger partial charge is 0.265 e. The maximum atomic E-state index is 13.6. The predicted molar refractivity (Wildman–Crippen MR) is 103 cm³/mol. The topological polar surface area (TPSA) is 53.5 Å². The fourth-order valence-corrected chi connectivity index (χ4v) is 5.56. The Labute approximate surface area is 156 Å². The zero-order valence-electron chi connectivity index (χ0n) is 15.3. The lowest BCUT2D eigenvalue weighted by molar-refractivity contribution is 0.273. The Morgan fingerprint density at radius 1 is 1.15 bits per heavy atom. The molecular weight excluding hydrogens is 346 g/mol. The molecule has 138 valence electrons. The first-order chi connectivity index (χ1) is 12.3. The highest BCUT2D eigenvalue weighted by Gasteiger charge is 2.39. The summed E-state index contributed by atoms with van der Waals surface area (Å²) >= 11 is 0. The van der Waals surface area contributed by atoms with Crippen LogP contribution in [-0.2, 0) is 10.0 Å². The lowest BCUT2D eigenvalue weighted by atomic mass is 10.0. The summed E-state index contributed by atoms with van der Waals surface area (Å²) in [5.41, 5.74) is 0.132. The summed E-state index contributed by atoms with van der Waals surface area (Å²) in [4.78, 5) is 6.57. The fourth-order valence-electron chi connectivity index (χ4n) is 3.65. The van der Waals surface area contributed by atoms with Crippen LogP contribution in [0, 0.1) is 6.92 Å². The molecule has 1 fully saturated rings. The fraction of sp³-hybridized carbons (Fsp3) is 0.400. The molecule has 0 aliphatic carbocycles. The third-order valence-corrected chi connectivity index (χ3v) is 6.79. The number of benzene rings is 1. The largest absolute Gasteiger partial charge is 0.301 e. The average molecular weight is 372 g/mol. The van der Waals surface area contributed by atoms with Crippen LogP contribution < -0.4 is 4.31 Å². The molecule has 0 N–H and O–H groups in total. The van der Waals surface area contributed by atoms with Crippen LogP contribution >= 0.6 is 0 Å². The minimum absolute atomic E-state index is 0.123. The standard InChI is InChI=1S/C20H25N3O2S/c1-17-9-4-5-11-19(17)26(24,25)23(18-10-8-12-21-15-18)20(2,3)16-22-13-6-7-14-22/h1,4-5,8-12,15H,6-7,13-14,16H2,2-3H3. The first kappa shape index (κ1) is 18.9. The molecule has 1 aromatic carbocycles. The van der Waals surface area contributed by atoms with E-state index in [9.17, 15) is 8.42 Å². The van der Waals surface area contributed by atoms with Gasteiger partial charge in [-0.3, -0.25) is 9.29 Å². The Morgan fingerprint density at radius 3 is 2.46 bits per heavy atom. The Bertz CT molecular complexity index is 844. The van der Waals surface area contributed by atoms with Gasteiger partial charge < -0.3 is 4.90 Å². The summed E-state index contributed by atoms with van der Waals surface area (Å²) in [6.45, 7) is 12.5. The highest BCUT2D eigenvalue weighted by molar-refractivity contribution is 7.93. The molecule has 2 aromatic rings. The third kappa shape index (κ3) is 3.76. The lowest BCUT2D eigenvalue weighted by Gasteiger charge is -2.41. The van der Waals surface area contributed by atoms with Gasteiger partial charge in [-0.25, -0.2) is 8.42 Å². The van der Waals surface area contributed by atoms with Crippen molar-refractivity contribution < 1.29 is 8.42 Å². The first-order valence-electron chi connectivity index (χ1n) is 8.85. The second-order valence-electron chi connectivity index (χ2n) is 7.31. The SMILES string of the molecule is [CH]c1ccccc1S(=O)(=O)N(c1cccnc1)C(C)(C)CN1CCCC1. The maximum Gasteiger partial charge on any atom is 0.265 e. The van der Waals surface area contributed by atoms with E-state index < -0.39 is 15.6 Å². The van der Waals surface area contributed by atoms with Crippen molar-refractivity contribution in [3.8, 4) is 0 Å². The van der Waals surface area contributed by atoms with Gasteiger partial charge in [0.2, 0.25) is 0 Å². The molecule has 6 heteroatoms. The summed E-state index contributed by atoms with van der Waals surface area (Å²) in [6, 6.07) is 10.1. The number of hydrogen-bond donors (Lipinski definition) is 0. The summed E-state index contributed by atoms with van der Waals surface area (Å²) < 4.78 is 28.6. The Hall–Kier alpha value is -1.92. The van der Waals surface area contributed by atoms with Gasteiger partial charge in [0.05, 0.1) is 22.3 Å². The second-order valence-corrected chi connectivity index (χ2v) is 9.07. The number of anilines is 1. The molecular formula is C20H25N3O2S. The zero-order valence-corrected chi connectivity index (χ0v) is 16.1. The van der Waals surface area contributed by atoms with Gasteiger partial charge in [0.1, 0.15) is 0 Å². The van der Waals surface area contributed by atoms with Crippen molar-refractivity contribution >= 4 is 15.7 Å². The van der Waals surface area contributed by atoms with Crippen LogP contribution in [0.5, 0.6) is 0 Å². The van der Waals surface area contributed by atoms with E-state index in [1.165, 1.54) is 4.31 Å². The van der Waals surface area contributed by atoms with Gasteiger partial charge in [-0.15, -0.1) is 0 Å². The predicted octanol–water partition coefficient (Wildman–Crippen LogP) is 3.21. The van der Waals surface area contributed by atoms with Gasteiger partial charge in [0.25, 0.3) is 10.0 Å². The van der Waals surface area contributed by atoms with Crippen LogP contribution in [0.25, 0.3) is 0 Å². The van der Waals surface area contributed by atoms with E-state index in [1.807, 2.05) is 13.8 Å². The van der Waals surface area contributed by atoms with Crippen molar-refractivity contribution in [3.63, 3.8) is 0 Å². The van der Waals surface area contributed by atoms with E-state index in [4.69, 9.17) is 6.92 Å². The molecule has 0 amide bonds. The van der Waals surface area contributed by atoms with Crippen molar-refractivity contribution in [1.29, 1.82) is 0 Å². The van der Waals surface area contributed by atoms with Gasteiger partial charge in [-0.2, -0.15) is 0 Å². The second kappa shape index (κ2) is 7.37. The molecule has 2 heterocycles. The molecule has 26 heavy (non-hydrogen) atoms. The van der Waals surface area contributed by atoms with E-state index in [1.54, 1.807) is 48.8 Å². The molecule has 5 nitrogen and oxygen atoms in total. The number of hydrogen-bond acceptors (Lipinski definition) is 4. The lowest BCUT2D eigenvalue weighted by Crippen LogP contribution is -2.54. The first-order valence-corrected chi connectivity index (χ1v) is 10.3. The van der Waals surface area contributed by atoms with Crippen molar-refractivity contribution in [2.45, 2.75) is 37.1 Å². The highest BCUT2D eigenvalue weighted by Crippen LogP contribution is 2.33. The minimum Gasteiger partial charge on any atom is -0.301 e. The molecule has 0 saturated carbocycles. The van der Waals surface area contributed by atoms with Crippen molar-refractivity contribution in [1.82, 2.24) is 9.88 Å². The van der Waals surface area contributed by atoms with Crippen LogP contribution in [0.4, 0.5) is 5.69 Å². The number of nitrogens with zero attached hydrogens (tertiary/aromatic N) is 3. The normalized spacial score (nSPS) is 16.0. The van der Waals surface area contributed by atoms with E-state index in [0.717, 1.165) is 25.9 Å². The van der Waals surface area contributed by atoms with E-state index in [2.05, 4.69) is 9.88 Å². The Kier molecular flexibility index (Phi) is 5.34. The van der Waals surface area contributed by atoms with E-state index >= 15 is 0 Å². The summed E-state index contributed by atoms with van der Waals surface area (Å²) in [5, 5.41) is 0. The van der Waals surface area contributed by atoms with Gasteiger partial charge in [-0.1, -0.05) is 18.2 Å². The van der Waals surface area contributed by atoms with E-state index in [-0.39, 0.29) is 10.5 Å². The molecule has 1 aliphatic heterocycles. The van der Waals surface area contributed by atoms with Crippen molar-refractivity contribution in [2.75, 3.05) is 23.9 Å². The average Bonchev–Trinajstić information content (AvgIpc) is 3.07. The molecule has 0 unspecified atom stereocenters. The van der Waals surface area contributed by atoms with Gasteiger partial charge in [0, 0.05) is 19.7 Å². The summed E-state index contributed by atoms with van der Waals surface area (Å²) in [5.74, 6) is 0. The number of aromatic nitrogens is 1. The van der Waals surface area contributed by atoms with Crippen LogP contribution in [-0.4, -0.2) is 43.5 Å². The monoisotopic (exact) mass is 371 g/mol. The molecule has 0 bridgehead atoms. The van der Waals surface area contributed by atoms with Crippen LogP contribution in [0.15, 0.2) is 53.7 Å². The summed E-state index contributed by atoms with van der Waals surface area (Å²) in [6.07, 6.45) is 5.53. The molecule has 1 aromatic heterocycles. The Balaban J connectivity index is 2.08. The van der Waals surface area contributed by atoms with Crippen LogP contribution in [0.3, 0.4) is 0 Å². The third-order valence-electron chi connectivity index (χ3n) is 4.68. The molecule has 1 aliphatic rings. The molecule has 2 radical (unpaired) electrons. The van der Waals surface area contributed by atoms with Crippen molar-refractivity contribution in [2.24, 2.45) is 0 Å². The maximum absolute atomic E-state index is 13.6. The minimum atomic E-state index is -3.84. The molecule has 0 spiro atoms. The van der Waals surface area contributed by atoms with E-state index in [0.29, 0.717) is 12.2 Å². The number of sulfonamides is 1. The molecule has 0 atom stereocenters. The molecule has 3 rings (SSSR count). The van der Waals surface area contributed by atoms with Crippen molar-refractivity contribution in [3.05, 3.63) is 61.3 Å². The van der Waals surface area contributed by atoms with Crippen LogP contribution in [0.2, 0.25) is 0 Å². The quantitative estimate of drug-likeness (QED) is 0.782. The van der Waals surface area contributed by atoms with Crippen LogP contribution in [0.1, 0.15) is 32.3 Å².